The number of anilines is 2. The highest BCUT2D eigenvalue weighted by Crippen LogP contribution is 2.28. The fourth-order valence-electron chi connectivity index (χ4n) is 2.14. The van der Waals surface area contributed by atoms with Gasteiger partial charge in [-0.1, -0.05) is 17.7 Å². The van der Waals surface area contributed by atoms with E-state index >= 15 is 0 Å². The molecule has 7 heteroatoms. The number of rotatable bonds is 4. The number of hydrogen-bond acceptors (Lipinski definition) is 4. The molecule has 0 saturated heterocycles. The second-order valence-electron chi connectivity index (χ2n) is 5.27. The Morgan fingerprint density at radius 1 is 1.22 bits per heavy atom. The highest BCUT2D eigenvalue weighted by molar-refractivity contribution is 6.31. The van der Waals surface area contributed by atoms with Crippen molar-refractivity contribution < 1.29 is 9.72 Å². The number of benzene rings is 2. The zero-order valence-corrected chi connectivity index (χ0v) is 13.7. The first-order valence-electron chi connectivity index (χ1n) is 6.83. The molecule has 23 heavy (non-hydrogen) atoms. The first kappa shape index (κ1) is 16.8. The van der Waals surface area contributed by atoms with E-state index in [9.17, 15) is 14.9 Å². The predicted molar refractivity (Wildman–Crippen MR) is 91.6 cm³/mol. The van der Waals surface area contributed by atoms with Crippen LogP contribution in [0.3, 0.4) is 0 Å². The lowest BCUT2D eigenvalue weighted by atomic mass is 10.1. The summed E-state index contributed by atoms with van der Waals surface area (Å²) in [5.74, 6) is -0.432. The molecular formula is C16H16ClN3O3. The lowest BCUT2D eigenvalue weighted by Gasteiger charge is -2.18. The van der Waals surface area contributed by atoms with E-state index in [2.05, 4.69) is 5.32 Å². The Labute approximate surface area is 138 Å². The fraction of sp³-hybridized carbons (Fsp3) is 0.188. The molecule has 0 aromatic heterocycles. The second kappa shape index (κ2) is 6.66. The molecule has 0 saturated carbocycles. The van der Waals surface area contributed by atoms with Gasteiger partial charge in [0.15, 0.2) is 0 Å². The number of nitrogens with one attached hydrogen (secondary N) is 1. The Balaban J connectivity index is 2.35. The average Bonchev–Trinajstić information content (AvgIpc) is 2.46. The van der Waals surface area contributed by atoms with E-state index in [0.29, 0.717) is 16.3 Å². The van der Waals surface area contributed by atoms with Crippen molar-refractivity contribution in [3.05, 3.63) is 62.7 Å². The number of hydrogen-bond donors (Lipinski definition) is 1. The largest absolute Gasteiger partial charge is 0.376 e. The Hall–Kier alpha value is -2.60. The van der Waals surface area contributed by atoms with Gasteiger partial charge in [-0.2, -0.15) is 0 Å². The molecule has 0 aliphatic carbocycles. The molecule has 120 valence electrons. The van der Waals surface area contributed by atoms with Crippen LogP contribution in [0.2, 0.25) is 5.02 Å². The number of carbonyl (C=O) groups is 1. The van der Waals surface area contributed by atoms with Gasteiger partial charge in [0.05, 0.1) is 16.3 Å². The summed E-state index contributed by atoms with van der Waals surface area (Å²) < 4.78 is 0. The summed E-state index contributed by atoms with van der Waals surface area (Å²) in [4.78, 5) is 24.7. The van der Waals surface area contributed by atoms with Crippen LogP contribution in [0.4, 0.5) is 17.1 Å². The van der Waals surface area contributed by atoms with E-state index in [-0.39, 0.29) is 11.3 Å². The van der Waals surface area contributed by atoms with E-state index < -0.39 is 10.8 Å². The van der Waals surface area contributed by atoms with Crippen LogP contribution < -0.4 is 10.2 Å². The van der Waals surface area contributed by atoms with Gasteiger partial charge in [0.2, 0.25) is 0 Å². The highest BCUT2D eigenvalue weighted by Gasteiger charge is 2.16. The third-order valence-corrected chi connectivity index (χ3v) is 3.59. The standard InChI is InChI=1S/C16H16ClN3O3/c1-10-4-5-11(8-15(10)20(22)23)16(21)18-13-9-12(17)6-7-14(13)19(2)3/h4-9H,1-3H3,(H,18,21). The molecule has 0 unspecified atom stereocenters. The molecule has 0 fully saturated rings. The summed E-state index contributed by atoms with van der Waals surface area (Å²) in [6, 6.07) is 9.52. The molecule has 2 rings (SSSR count). The molecule has 0 spiro atoms. The van der Waals surface area contributed by atoms with Gasteiger partial charge in [-0.15, -0.1) is 0 Å². The number of amides is 1. The molecule has 2 aromatic rings. The molecule has 0 aliphatic rings. The second-order valence-corrected chi connectivity index (χ2v) is 5.70. The van der Waals surface area contributed by atoms with Crippen LogP contribution in [0.5, 0.6) is 0 Å². The summed E-state index contributed by atoms with van der Waals surface area (Å²) in [6.07, 6.45) is 0. The Kier molecular flexibility index (Phi) is 4.86. The van der Waals surface area contributed by atoms with Crippen molar-refractivity contribution in [1.82, 2.24) is 0 Å². The first-order chi connectivity index (χ1) is 10.8. The number of nitro benzene ring substituents is 1. The van der Waals surface area contributed by atoms with Crippen molar-refractivity contribution in [3.8, 4) is 0 Å². The van der Waals surface area contributed by atoms with Crippen molar-refractivity contribution in [2.24, 2.45) is 0 Å². The quantitative estimate of drug-likeness (QED) is 0.680. The van der Waals surface area contributed by atoms with Gasteiger partial charge in [-0.05, 0) is 31.2 Å². The number of nitro groups is 1. The summed E-state index contributed by atoms with van der Waals surface area (Å²) in [5.41, 5.74) is 1.95. The van der Waals surface area contributed by atoms with Crippen LogP contribution in [0, 0.1) is 17.0 Å². The first-order valence-corrected chi connectivity index (χ1v) is 7.20. The minimum Gasteiger partial charge on any atom is -0.376 e. The Morgan fingerprint density at radius 2 is 1.91 bits per heavy atom. The molecule has 2 aromatic carbocycles. The van der Waals surface area contributed by atoms with E-state index in [1.54, 1.807) is 37.3 Å². The summed E-state index contributed by atoms with van der Waals surface area (Å²) in [5, 5.41) is 14.2. The maximum atomic E-state index is 12.4. The minimum absolute atomic E-state index is 0.0865. The normalized spacial score (nSPS) is 10.3. The number of nitrogens with zero attached hydrogens (tertiary/aromatic N) is 2. The molecule has 1 amide bonds. The van der Waals surface area contributed by atoms with Gasteiger partial charge in [0.1, 0.15) is 0 Å². The third kappa shape index (κ3) is 3.78. The van der Waals surface area contributed by atoms with Crippen molar-refractivity contribution in [2.75, 3.05) is 24.3 Å². The highest BCUT2D eigenvalue weighted by atomic mass is 35.5. The fourth-order valence-corrected chi connectivity index (χ4v) is 2.31. The van der Waals surface area contributed by atoms with Crippen LogP contribution in [0.1, 0.15) is 15.9 Å². The summed E-state index contributed by atoms with van der Waals surface area (Å²) in [7, 11) is 3.69. The van der Waals surface area contributed by atoms with Crippen molar-refractivity contribution in [2.45, 2.75) is 6.92 Å². The van der Waals surface area contributed by atoms with Crippen molar-refractivity contribution in [1.29, 1.82) is 0 Å². The van der Waals surface area contributed by atoms with Gasteiger partial charge in [0, 0.05) is 36.3 Å². The smallest absolute Gasteiger partial charge is 0.273 e. The molecule has 0 heterocycles. The minimum atomic E-state index is -0.503. The van der Waals surface area contributed by atoms with Crippen LogP contribution in [0.15, 0.2) is 36.4 Å². The molecule has 0 aliphatic heterocycles. The lowest BCUT2D eigenvalue weighted by molar-refractivity contribution is -0.385. The van der Waals surface area contributed by atoms with Gasteiger partial charge < -0.3 is 10.2 Å². The monoisotopic (exact) mass is 333 g/mol. The van der Waals surface area contributed by atoms with E-state index in [4.69, 9.17) is 11.6 Å². The third-order valence-electron chi connectivity index (χ3n) is 3.36. The van der Waals surface area contributed by atoms with E-state index in [0.717, 1.165) is 5.69 Å². The summed E-state index contributed by atoms with van der Waals surface area (Å²) >= 11 is 5.98. The molecule has 0 bridgehead atoms. The van der Waals surface area contributed by atoms with Crippen LogP contribution in [0.25, 0.3) is 0 Å². The molecule has 6 nitrogen and oxygen atoms in total. The maximum absolute atomic E-state index is 12.4. The van der Waals surface area contributed by atoms with Gasteiger partial charge in [-0.25, -0.2) is 0 Å². The zero-order valence-electron chi connectivity index (χ0n) is 13.0. The van der Waals surface area contributed by atoms with Crippen LogP contribution in [-0.2, 0) is 0 Å². The van der Waals surface area contributed by atoms with Gasteiger partial charge in [0.25, 0.3) is 11.6 Å². The number of carbonyl (C=O) groups excluding carboxylic acids is 1. The van der Waals surface area contributed by atoms with E-state index in [1.165, 1.54) is 6.07 Å². The van der Waals surface area contributed by atoms with Crippen molar-refractivity contribution >= 4 is 34.6 Å². The van der Waals surface area contributed by atoms with Crippen molar-refractivity contribution in [3.63, 3.8) is 0 Å². The predicted octanol–water partition coefficient (Wildman–Crippen LogP) is 3.87. The maximum Gasteiger partial charge on any atom is 0.273 e. The van der Waals surface area contributed by atoms with E-state index in [1.807, 2.05) is 19.0 Å². The Bertz CT molecular complexity index is 775. The van der Waals surface area contributed by atoms with Crippen LogP contribution >= 0.6 is 11.6 Å². The molecule has 0 atom stereocenters. The number of halogens is 1. The number of aryl methyl sites for hydroxylation is 1. The molecule has 1 N–H and O–H groups in total. The Morgan fingerprint density at radius 3 is 2.52 bits per heavy atom. The summed E-state index contributed by atoms with van der Waals surface area (Å²) in [6.45, 7) is 1.63. The molecule has 0 radical (unpaired) electrons. The average molecular weight is 334 g/mol. The van der Waals surface area contributed by atoms with Gasteiger partial charge >= 0.3 is 0 Å². The molecular weight excluding hydrogens is 318 g/mol. The van der Waals surface area contributed by atoms with Crippen LogP contribution in [-0.4, -0.2) is 24.9 Å². The van der Waals surface area contributed by atoms with Gasteiger partial charge in [-0.3, -0.25) is 14.9 Å². The topological polar surface area (TPSA) is 75.5 Å². The SMILES string of the molecule is Cc1ccc(C(=O)Nc2cc(Cl)ccc2N(C)C)cc1[N+](=O)[O-]. The lowest BCUT2D eigenvalue weighted by Crippen LogP contribution is -2.17. The zero-order chi connectivity index (χ0) is 17.1.